The van der Waals surface area contributed by atoms with Gasteiger partial charge >= 0.3 is 0 Å². The van der Waals surface area contributed by atoms with Crippen molar-refractivity contribution in [1.82, 2.24) is 24.8 Å². The first-order valence-corrected chi connectivity index (χ1v) is 14.4. The molecule has 10 heteroatoms. The van der Waals surface area contributed by atoms with E-state index in [-0.39, 0.29) is 17.9 Å². The number of amides is 2. The number of likely N-dealkylation sites (N-methyl/N-ethyl adjacent to an activating group) is 1. The average Bonchev–Trinajstić information content (AvgIpc) is 3.67. The SMILES string of the molecule is CN(C)C/C=C/C(=O)Nc1ccc(C(=O)N2CC[C@@H](Nc3cc4c(-c5c[nH]c6ccccc56)c(C#N)cnc4cn3)C2)cc1. The Balaban J connectivity index is 1.15. The predicted molar refractivity (Wildman–Crippen MR) is 172 cm³/mol. The van der Waals surface area contributed by atoms with Crippen LogP contribution in [-0.4, -0.2) is 76.3 Å². The minimum atomic E-state index is -0.213. The van der Waals surface area contributed by atoms with E-state index < -0.39 is 0 Å². The van der Waals surface area contributed by atoms with Gasteiger partial charge in [0.15, 0.2) is 0 Å². The maximum atomic E-state index is 13.2. The van der Waals surface area contributed by atoms with Crippen molar-refractivity contribution >= 4 is 45.1 Å². The van der Waals surface area contributed by atoms with Crippen LogP contribution >= 0.6 is 0 Å². The Hall–Kier alpha value is -5.53. The van der Waals surface area contributed by atoms with Gasteiger partial charge in [0, 0.05) is 82.8 Å². The molecular formula is C34H32N8O2. The van der Waals surface area contributed by atoms with Gasteiger partial charge in [-0.3, -0.25) is 14.6 Å². The minimum absolute atomic E-state index is 0.0139. The first-order valence-electron chi connectivity index (χ1n) is 14.4. The summed E-state index contributed by atoms with van der Waals surface area (Å²) in [5.41, 5.74) is 5.12. The number of aromatic amines is 1. The third kappa shape index (κ3) is 6.00. The first kappa shape index (κ1) is 28.6. The zero-order valence-corrected chi connectivity index (χ0v) is 24.5. The standard InChI is InChI=1S/C34H32N8O2/c1-41(2)14-5-8-32(43)40-24-11-9-22(10-12-24)34(44)42-15-13-25(21-42)39-31-16-27-30(20-38-31)36-18-23(17-35)33(27)28-19-37-29-7-4-3-6-26(28)29/h3-12,16,18-20,25,37H,13-15,21H2,1-2H3,(H,38,39)(H,40,43)/b8-5+/t25-/m1/s1. The lowest BCUT2D eigenvalue weighted by molar-refractivity contribution is -0.111. The number of carbonyl (C=O) groups is 2. The van der Waals surface area contributed by atoms with Gasteiger partial charge in [0.05, 0.1) is 17.3 Å². The quantitative estimate of drug-likeness (QED) is 0.218. The van der Waals surface area contributed by atoms with Crippen LogP contribution in [0.4, 0.5) is 11.5 Å². The fourth-order valence-corrected chi connectivity index (χ4v) is 5.53. The molecule has 1 fully saturated rings. The number of hydrogen-bond acceptors (Lipinski definition) is 7. The number of pyridine rings is 2. The molecule has 10 nitrogen and oxygen atoms in total. The summed E-state index contributed by atoms with van der Waals surface area (Å²) in [5.74, 6) is 0.387. The summed E-state index contributed by atoms with van der Waals surface area (Å²) in [4.78, 5) is 41.5. The van der Waals surface area contributed by atoms with Crippen LogP contribution in [-0.2, 0) is 4.79 Å². The molecule has 0 bridgehead atoms. The van der Waals surface area contributed by atoms with E-state index in [0.29, 0.717) is 47.8 Å². The second-order valence-electron chi connectivity index (χ2n) is 11.1. The Morgan fingerprint density at radius 1 is 1.11 bits per heavy atom. The highest BCUT2D eigenvalue weighted by atomic mass is 16.2. The maximum absolute atomic E-state index is 13.2. The molecule has 2 aromatic carbocycles. The number of carbonyl (C=O) groups excluding carboxylic acids is 2. The summed E-state index contributed by atoms with van der Waals surface area (Å²) < 4.78 is 0. The maximum Gasteiger partial charge on any atom is 0.253 e. The van der Waals surface area contributed by atoms with Crippen molar-refractivity contribution in [1.29, 1.82) is 5.26 Å². The molecule has 44 heavy (non-hydrogen) atoms. The number of fused-ring (bicyclic) bond motifs is 2. The molecular weight excluding hydrogens is 552 g/mol. The van der Waals surface area contributed by atoms with E-state index in [1.54, 1.807) is 42.7 Å². The summed E-state index contributed by atoms with van der Waals surface area (Å²) in [6.07, 6.45) is 9.31. The molecule has 220 valence electrons. The van der Waals surface area contributed by atoms with Gasteiger partial charge in [-0.1, -0.05) is 24.3 Å². The molecule has 3 aromatic heterocycles. The minimum Gasteiger partial charge on any atom is -0.365 e. The molecule has 1 saturated heterocycles. The van der Waals surface area contributed by atoms with Gasteiger partial charge in [-0.05, 0) is 56.9 Å². The number of rotatable bonds is 8. The molecule has 0 spiro atoms. The van der Waals surface area contributed by atoms with Crippen molar-refractivity contribution in [2.45, 2.75) is 12.5 Å². The van der Waals surface area contributed by atoms with Gasteiger partial charge in [0.2, 0.25) is 5.91 Å². The van der Waals surface area contributed by atoms with Crippen molar-refractivity contribution in [3.8, 4) is 17.2 Å². The number of hydrogen-bond donors (Lipinski definition) is 3. The van der Waals surface area contributed by atoms with Crippen molar-refractivity contribution in [2.75, 3.05) is 44.4 Å². The van der Waals surface area contributed by atoms with Crippen LogP contribution in [0.25, 0.3) is 32.9 Å². The highest BCUT2D eigenvalue weighted by molar-refractivity contribution is 6.06. The van der Waals surface area contributed by atoms with E-state index in [1.165, 1.54) is 6.08 Å². The summed E-state index contributed by atoms with van der Waals surface area (Å²) in [7, 11) is 3.87. The van der Waals surface area contributed by atoms with E-state index >= 15 is 0 Å². The van der Waals surface area contributed by atoms with Crippen LogP contribution < -0.4 is 10.6 Å². The number of nitrogens with zero attached hydrogens (tertiary/aromatic N) is 5. The lowest BCUT2D eigenvalue weighted by atomic mass is 9.97. The number of anilines is 2. The van der Waals surface area contributed by atoms with E-state index in [4.69, 9.17) is 0 Å². The molecule has 5 aromatic rings. The second-order valence-corrected chi connectivity index (χ2v) is 11.1. The Morgan fingerprint density at radius 3 is 2.73 bits per heavy atom. The Labute approximate surface area is 255 Å². The van der Waals surface area contributed by atoms with Crippen molar-refractivity contribution in [3.05, 3.63) is 96.5 Å². The Morgan fingerprint density at radius 2 is 1.93 bits per heavy atom. The fourth-order valence-electron chi connectivity index (χ4n) is 5.53. The normalized spacial score (nSPS) is 14.9. The zero-order valence-electron chi connectivity index (χ0n) is 24.5. The fraction of sp³-hybridized carbons (Fsp3) is 0.206. The monoisotopic (exact) mass is 584 g/mol. The molecule has 6 rings (SSSR count). The van der Waals surface area contributed by atoms with Gasteiger partial charge in [-0.15, -0.1) is 0 Å². The second kappa shape index (κ2) is 12.4. The molecule has 1 aliphatic rings. The molecule has 2 amide bonds. The summed E-state index contributed by atoms with van der Waals surface area (Å²) in [6.45, 7) is 1.81. The zero-order chi connectivity index (χ0) is 30.6. The summed E-state index contributed by atoms with van der Waals surface area (Å²) in [5, 5.41) is 18.1. The molecule has 3 N–H and O–H groups in total. The van der Waals surface area contributed by atoms with E-state index in [1.807, 2.05) is 60.4 Å². The molecule has 0 unspecified atom stereocenters. The smallest absolute Gasteiger partial charge is 0.253 e. The van der Waals surface area contributed by atoms with Crippen molar-refractivity contribution < 1.29 is 9.59 Å². The summed E-state index contributed by atoms with van der Waals surface area (Å²) >= 11 is 0. The van der Waals surface area contributed by atoms with Crippen LogP contribution in [0.1, 0.15) is 22.3 Å². The number of nitrogens with one attached hydrogen (secondary N) is 3. The van der Waals surface area contributed by atoms with Gasteiger partial charge in [0.25, 0.3) is 5.91 Å². The number of para-hydroxylation sites is 1. The number of aromatic nitrogens is 3. The van der Waals surface area contributed by atoms with Gasteiger partial charge in [-0.25, -0.2) is 4.98 Å². The van der Waals surface area contributed by atoms with Crippen LogP contribution in [0.15, 0.2) is 85.3 Å². The predicted octanol–water partition coefficient (Wildman–Crippen LogP) is 5.03. The molecule has 1 aliphatic heterocycles. The van der Waals surface area contributed by atoms with Crippen molar-refractivity contribution in [2.24, 2.45) is 0 Å². The van der Waals surface area contributed by atoms with Crippen LogP contribution in [0, 0.1) is 11.3 Å². The number of benzene rings is 2. The molecule has 0 aliphatic carbocycles. The topological polar surface area (TPSA) is 130 Å². The van der Waals surface area contributed by atoms with Gasteiger partial charge in [0.1, 0.15) is 11.9 Å². The number of likely N-dealkylation sites (tertiary alicyclic amines) is 1. The third-order valence-corrected chi connectivity index (χ3v) is 7.70. The highest BCUT2D eigenvalue weighted by Crippen LogP contribution is 2.36. The van der Waals surface area contributed by atoms with Gasteiger partial charge in [-0.2, -0.15) is 5.26 Å². The molecule has 0 radical (unpaired) electrons. The summed E-state index contributed by atoms with van der Waals surface area (Å²) in [6, 6.07) is 19.2. The Bertz CT molecular complexity index is 1920. The molecule has 1 atom stereocenters. The first-order chi connectivity index (χ1) is 21.4. The van der Waals surface area contributed by atoms with Crippen LogP contribution in [0.3, 0.4) is 0 Å². The van der Waals surface area contributed by atoms with Crippen LogP contribution in [0.2, 0.25) is 0 Å². The van der Waals surface area contributed by atoms with E-state index in [0.717, 1.165) is 33.8 Å². The van der Waals surface area contributed by atoms with Gasteiger partial charge < -0.3 is 25.4 Å². The lowest BCUT2D eigenvalue weighted by Crippen LogP contribution is -2.31. The van der Waals surface area contributed by atoms with E-state index in [9.17, 15) is 14.9 Å². The number of H-pyrrole nitrogens is 1. The largest absolute Gasteiger partial charge is 0.365 e. The number of nitriles is 1. The Kier molecular flexibility index (Phi) is 8.04. The van der Waals surface area contributed by atoms with E-state index in [2.05, 4.69) is 31.7 Å². The molecule has 0 saturated carbocycles. The average molecular weight is 585 g/mol. The third-order valence-electron chi connectivity index (χ3n) is 7.70. The highest BCUT2D eigenvalue weighted by Gasteiger charge is 2.27. The lowest BCUT2D eigenvalue weighted by Gasteiger charge is -2.18. The van der Waals surface area contributed by atoms with Crippen LogP contribution in [0.5, 0.6) is 0 Å². The molecule has 4 heterocycles. The van der Waals surface area contributed by atoms with Crippen molar-refractivity contribution in [3.63, 3.8) is 0 Å².